The largest absolute Gasteiger partial charge is 0.416 e. The van der Waals surface area contributed by atoms with Crippen LogP contribution in [0.3, 0.4) is 0 Å². The van der Waals surface area contributed by atoms with E-state index in [1.807, 2.05) is 44.3 Å². The predicted octanol–water partition coefficient (Wildman–Crippen LogP) is 6.45. The second kappa shape index (κ2) is 10.4. The van der Waals surface area contributed by atoms with E-state index < -0.39 is 17.6 Å². The first-order chi connectivity index (χ1) is 19.6. The van der Waals surface area contributed by atoms with Gasteiger partial charge in [-0.05, 0) is 74.7 Å². The molecule has 1 fully saturated rings. The summed E-state index contributed by atoms with van der Waals surface area (Å²) in [5.41, 5.74) is 4.22. The molecule has 3 heterocycles. The van der Waals surface area contributed by atoms with Gasteiger partial charge in [0.25, 0.3) is 5.91 Å². The second-order valence-electron chi connectivity index (χ2n) is 10.4. The Morgan fingerprint density at radius 2 is 1.78 bits per heavy atom. The van der Waals surface area contributed by atoms with Crippen molar-refractivity contribution in [2.45, 2.75) is 45.5 Å². The first-order valence-electron chi connectivity index (χ1n) is 13.3. The number of hydrogen-bond acceptors (Lipinski definition) is 7. The van der Waals surface area contributed by atoms with E-state index in [2.05, 4.69) is 30.4 Å². The number of fused-ring (bicyclic) bond motifs is 1. The lowest BCUT2D eigenvalue weighted by Crippen LogP contribution is -2.44. The van der Waals surface area contributed by atoms with Gasteiger partial charge >= 0.3 is 6.18 Å². The molecule has 1 saturated carbocycles. The fourth-order valence-corrected chi connectivity index (χ4v) is 4.90. The third kappa shape index (κ3) is 5.79. The maximum atomic E-state index is 13.1. The zero-order valence-corrected chi connectivity index (χ0v) is 22.5. The van der Waals surface area contributed by atoms with Crippen molar-refractivity contribution in [2.75, 3.05) is 27.1 Å². The Labute approximate surface area is 235 Å². The van der Waals surface area contributed by atoms with Crippen LogP contribution in [0.15, 0.2) is 67.0 Å². The molecular weight excluding hydrogens is 531 g/mol. The molecule has 8 nitrogen and oxygen atoms in total. The lowest BCUT2D eigenvalue weighted by molar-refractivity contribution is -0.137. The highest BCUT2D eigenvalue weighted by Gasteiger charge is 2.36. The fraction of sp³-hybridized carbons (Fsp3) is 0.267. The van der Waals surface area contributed by atoms with E-state index in [0.29, 0.717) is 30.9 Å². The quantitative estimate of drug-likeness (QED) is 0.281. The maximum absolute atomic E-state index is 13.1. The summed E-state index contributed by atoms with van der Waals surface area (Å²) in [4.78, 5) is 31.0. The molecule has 2 aromatic heterocycles. The first kappa shape index (κ1) is 26.5. The van der Waals surface area contributed by atoms with Gasteiger partial charge in [-0.15, -0.1) is 0 Å². The summed E-state index contributed by atoms with van der Waals surface area (Å²) < 4.78 is 39.4. The maximum Gasteiger partial charge on any atom is 0.416 e. The summed E-state index contributed by atoms with van der Waals surface area (Å²) in [5, 5.41) is 5.99. The molecule has 4 aromatic rings. The van der Waals surface area contributed by atoms with Gasteiger partial charge in [0.1, 0.15) is 5.82 Å². The molecule has 0 radical (unpaired) electrons. The number of hydrogen-bond donors (Lipinski definition) is 2. The topological polar surface area (TPSA) is 86.3 Å². The number of rotatable bonds is 6. The molecule has 11 heteroatoms. The number of benzene rings is 2. The van der Waals surface area contributed by atoms with Crippen LogP contribution in [0.4, 0.5) is 42.0 Å². The number of nitrogens with zero attached hydrogens (tertiary/aromatic N) is 5. The molecular formula is C30H28F3N7O. The Kier molecular flexibility index (Phi) is 6.72. The highest BCUT2D eigenvalue weighted by molar-refractivity contribution is 6.04. The van der Waals surface area contributed by atoms with Gasteiger partial charge in [-0.25, -0.2) is 4.98 Å². The minimum Gasteiger partial charge on any atom is -0.349 e. The number of alkyl halides is 3. The van der Waals surface area contributed by atoms with Crippen LogP contribution in [-0.4, -0.2) is 33.6 Å². The molecule has 6 rings (SSSR count). The smallest absolute Gasteiger partial charge is 0.349 e. The normalized spacial score (nSPS) is 15.0. The van der Waals surface area contributed by atoms with Crippen molar-refractivity contribution in [1.29, 1.82) is 0 Å². The summed E-state index contributed by atoms with van der Waals surface area (Å²) in [5.74, 6) is 0.795. The highest BCUT2D eigenvalue weighted by atomic mass is 19.4. The van der Waals surface area contributed by atoms with Gasteiger partial charge in [0.15, 0.2) is 0 Å². The summed E-state index contributed by atoms with van der Waals surface area (Å²) in [6.07, 6.45) is 1.22. The van der Waals surface area contributed by atoms with Gasteiger partial charge in [0, 0.05) is 47.0 Å². The van der Waals surface area contributed by atoms with Crippen molar-refractivity contribution in [3.8, 4) is 0 Å². The van der Waals surface area contributed by atoms with Crippen LogP contribution >= 0.6 is 0 Å². The molecule has 0 atom stereocenters. The van der Waals surface area contributed by atoms with Gasteiger partial charge in [0.2, 0.25) is 5.95 Å². The predicted molar refractivity (Wildman–Crippen MR) is 151 cm³/mol. The Balaban J connectivity index is 1.23. The lowest BCUT2D eigenvalue weighted by Gasteiger charge is -2.39. The summed E-state index contributed by atoms with van der Waals surface area (Å²) in [6.45, 7) is 5.09. The van der Waals surface area contributed by atoms with E-state index in [4.69, 9.17) is 4.98 Å². The third-order valence-corrected chi connectivity index (χ3v) is 7.21. The standard InChI is InChI=1S/C30H28F3N7O/c1-18-6-8-23(36-28(41)20-4-3-5-22(12-20)30(31,32)33)13-26(18)39-16-21-14-35-29(37-24-9-7-19(2)34-15-24)38-27(21)40(17-39)25-10-11-25/h3-9,12-15,25H,10-11,16-17H2,1-2H3,(H,36,41)(H,35,37,38). The molecule has 0 spiro atoms. The van der Waals surface area contributed by atoms with Gasteiger partial charge in [-0.2, -0.15) is 18.2 Å². The van der Waals surface area contributed by atoms with Crippen molar-refractivity contribution in [3.63, 3.8) is 0 Å². The second-order valence-corrected chi connectivity index (χ2v) is 10.4. The van der Waals surface area contributed by atoms with Gasteiger partial charge in [-0.1, -0.05) is 12.1 Å². The van der Waals surface area contributed by atoms with Gasteiger partial charge in [0.05, 0.1) is 24.1 Å². The molecule has 0 saturated heterocycles. The zero-order valence-electron chi connectivity index (χ0n) is 22.5. The van der Waals surface area contributed by atoms with Crippen LogP contribution in [-0.2, 0) is 12.7 Å². The highest BCUT2D eigenvalue weighted by Crippen LogP contribution is 2.39. The Morgan fingerprint density at radius 3 is 2.51 bits per heavy atom. The summed E-state index contributed by atoms with van der Waals surface area (Å²) >= 11 is 0. The summed E-state index contributed by atoms with van der Waals surface area (Å²) in [6, 6.07) is 14.2. The van der Waals surface area contributed by atoms with Crippen LogP contribution in [0.5, 0.6) is 0 Å². The molecule has 1 aliphatic heterocycles. The van der Waals surface area contributed by atoms with Crippen LogP contribution in [0.1, 0.15) is 45.6 Å². The van der Waals surface area contributed by atoms with Crippen molar-refractivity contribution < 1.29 is 18.0 Å². The van der Waals surface area contributed by atoms with Gasteiger partial charge < -0.3 is 20.4 Å². The number of anilines is 5. The van der Waals surface area contributed by atoms with E-state index in [1.54, 1.807) is 12.3 Å². The lowest BCUT2D eigenvalue weighted by atomic mass is 10.1. The number of nitrogens with one attached hydrogen (secondary N) is 2. The van der Waals surface area contributed by atoms with Crippen molar-refractivity contribution >= 4 is 34.7 Å². The molecule has 210 valence electrons. The van der Waals surface area contributed by atoms with Crippen LogP contribution in [0.25, 0.3) is 0 Å². The average molecular weight is 560 g/mol. The van der Waals surface area contributed by atoms with E-state index in [1.165, 1.54) is 12.1 Å². The van der Waals surface area contributed by atoms with Crippen LogP contribution < -0.4 is 20.4 Å². The Hall–Kier alpha value is -4.67. The number of aryl methyl sites for hydroxylation is 2. The number of halogens is 3. The molecule has 2 aliphatic rings. The summed E-state index contributed by atoms with van der Waals surface area (Å²) in [7, 11) is 0. The number of aromatic nitrogens is 3. The number of carbonyl (C=O) groups is 1. The van der Waals surface area contributed by atoms with E-state index in [0.717, 1.165) is 59.0 Å². The minimum absolute atomic E-state index is 0.0586. The van der Waals surface area contributed by atoms with E-state index in [9.17, 15) is 18.0 Å². The van der Waals surface area contributed by atoms with Crippen molar-refractivity contribution in [1.82, 2.24) is 15.0 Å². The molecule has 41 heavy (non-hydrogen) atoms. The van der Waals surface area contributed by atoms with E-state index in [-0.39, 0.29) is 5.56 Å². The molecule has 1 amide bonds. The number of pyridine rings is 1. The fourth-order valence-electron chi connectivity index (χ4n) is 4.90. The van der Waals surface area contributed by atoms with Crippen LogP contribution in [0, 0.1) is 13.8 Å². The van der Waals surface area contributed by atoms with Crippen molar-refractivity contribution in [3.05, 3.63) is 94.9 Å². The van der Waals surface area contributed by atoms with E-state index >= 15 is 0 Å². The van der Waals surface area contributed by atoms with Crippen molar-refractivity contribution in [2.24, 2.45) is 0 Å². The Bertz CT molecular complexity index is 1600. The molecule has 0 unspecified atom stereocenters. The molecule has 2 aromatic carbocycles. The first-order valence-corrected chi connectivity index (χ1v) is 13.3. The minimum atomic E-state index is -4.52. The molecule has 0 bridgehead atoms. The average Bonchev–Trinajstić information content (AvgIpc) is 3.80. The Morgan fingerprint density at radius 1 is 0.976 bits per heavy atom. The van der Waals surface area contributed by atoms with Gasteiger partial charge in [-0.3, -0.25) is 9.78 Å². The van der Waals surface area contributed by atoms with Crippen LogP contribution in [0.2, 0.25) is 0 Å². The number of amides is 1. The zero-order chi connectivity index (χ0) is 28.7. The molecule has 1 aliphatic carbocycles. The third-order valence-electron chi connectivity index (χ3n) is 7.21. The monoisotopic (exact) mass is 559 g/mol. The SMILES string of the molecule is Cc1ccc(Nc2ncc3c(n2)N(C2CC2)CN(c2cc(NC(=O)c4cccc(C(F)(F)F)c4)ccc2C)C3)cn1. The molecule has 2 N–H and O–H groups in total. The number of carbonyl (C=O) groups excluding carboxylic acids is 1.